The Labute approximate surface area is 153 Å². The molecular formula is C19H21NO5S. The van der Waals surface area contributed by atoms with Crippen molar-refractivity contribution in [2.45, 2.75) is 11.8 Å². The number of ether oxygens (including phenoxy) is 2. The van der Waals surface area contributed by atoms with Crippen LogP contribution < -0.4 is 9.46 Å². The van der Waals surface area contributed by atoms with E-state index in [0.29, 0.717) is 16.9 Å². The Kier molecular flexibility index (Phi) is 6.18. The summed E-state index contributed by atoms with van der Waals surface area (Å²) in [5.41, 5.74) is 2.19. The first-order valence-electron chi connectivity index (χ1n) is 7.79. The first-order chi connectivity index (χ1) is 12.3. The Hall–Kier alpha value is -2.64. The minimum Gasteiger partial charge on any atom is -0.497 e. The van der Waals surface area contributed by atoms with Crippen LogP contribution in [0.4, 0.5) is 0 Å². The van der Waals surface area contributed by atoms with Gasteiger partial charge in [-0.2, -0.15) is 0 Å². The van der Waals surface area contributed by atoms with Crippen LogP contribution >= 0.6 is 0 Å². The Balaban J connectivity index is 2.42. The average molecular weight is 375 g/mol. The van der Waals surface area contributed by atoms with Crippen molar-refractivity contribution in [3.05, 3.63) is 60.2 Å². The van der Waals surface area contributed by atoms with Crippen LogP contribution in [0.2, 0.25) is 0 Å². The molecule has 2 rings (SSSR count). The zero-order valence-corrected chi connectivity index (χ0v) is 15.7. The van der Waals surface area contributed by atoms with E-state index in [9.17, 15) is 13.2 Å². The summed E-state index contributed by atoms with van der Waals surface area (Å²) < 4.78 is 37.7. The number of carbonyl (C=O) groups excluding carboxylic acids is 1. The van der Waals surface area contributed by atoms with Crippen molar-refractivity contribution in [3.63, 3.8) is 0 Å². The third-order valence-electron chi connectivity index (χ3n) is 3.75. The molecule has 0 fully saturated rings. The van der Waals surface area contributed by atoms with Crippen molar-refractivity contribution in [2.75, 3.05) is 20.8 Å². The Morgan fingerprint density at radius 3 is 2.54 bits per heavy atom. The molecule has 0 bridgehead atoms. The summed E-state index contributed by atoms with van der Waals surface area (Å²) in [5.74, 6) is -0.0380. The van der Waals surface area contributed by atoms with Gasteiger partial charge in [-0.25, -0.2) is 17.9 Å². The van der Waals surface area contributed by atoms with Crippen LogP contribution in [0, 0.1) is 6.92 Å². The number of hydrogen-bond acceptors (Lipinski definition) is 5. The summed E-state index contributed by atoms with van der Waals surface area (Å²) in [5, 5.41) is 0. The molecule has 2 aromatic carbocycles. The molecule has 0 atom stereocenters. The SMILES string of the molecule is C=C(CNS(=O)(=O)c1ccc(C)cc1-c1cccc(OC)c1)C(=O)OC. The molecule has 0 unspecified atom stereocenters. The number of nitrogens with one attached hydrogen (secondary N) is 1. The van der Waals surface area contributed by atoms with E-state index in [4.69, 9.17) is 4.74 Å². The van der Waals surface area contributed by atoms with Gasteiger partial charge >= 0.3 is 5.97 Å². The molecule has 0 saturated heterocycles. The van der Waals surface area contributed by atoms with Gasteiger partial charge in [0, 0.05) is 17.7 Å². The molecule has 0 amide bonds. The fraction of sp³-hybridized carbons (Fsp3) is 0.211. The standard InChI is InChI=1S/C19H21NO5S/c1-13-8-9-18(26(22,23)20-12-14(2)19(21)25-4)17(10-13)15-6-5-7-16(11-15)24-3/h5-11,20H,2,12H2,1,3-4H3. The van der Waals surface area contributed by atoms with Crippen molar-refractivity contribution in [2.24, 2.45) is 0 Å². The molecular weight excluding hydrogens is 354 g/mol. The quantitative estimate of drug-likeness (QED) is 0.594. The van der Waals surface area contributed by atoms with E-state index in [0.717, 1.165) is 5.56 Å². The van der Waals surface area contributed by atoms with Gasteiger partial charge in [-0.05, 0) is 30.7 Å². The summed E-state index contributed by atoms with van der Waals surface area (Å²) in [4.78, 5) is 11.5. The van der Waals surface area contributed by atoms with E-state index < -0.39 is 16.0 Å². The lowest BCUT2D eigenvalue weighted by Crippen LogP contribution is -2.28. The number of esters is 1. The number of benzene rings is 2. The molecule has 2 aromatic rings. The molecule has 7 heteroatoms. The molecule has 0 saturated carbocycles. The highest BCUT2D eigenvalue weighted by atomic mass is 32.2. The Morgan fingerprint density at radius 2 is 1.88 bits per heavy atom. The van der Waals surface area contributed by atoms with E-state index >= 15 is 0 Å². The molecule has 0 spiro atoms. The summed E-state index contributed by atoms with van der Waals surface area (Å²) in [6.45, 7) is 5.17. The predicted molar refractivity (Wildman–Crippen MR) is 99.5 cm³/mol. The van der Waals surface area contributed by atoms with Crippen LogP contribution in [-0.4, -0.2) is 35.2 Å². The average Bonchev–Trinajstić information content (AvgIpc) is 2.65. The van der Waals surface area contributed by atoms with Crippen molar-refractivity contribution in [1.29, 1.82) is 0 Å². The molecule has 138 valence electrons. The second kappa shape index (κ2) is 8.16. The third kappa shape index (κ3) is 4.50. The molecule has 0 radical (unpaired) electrons. The van der Waals surface area contributed by atoms with Gasteiger partial charge in [0.05, 0.1) is 19.1 Å². The van der Waals surface area contributed by atoms with Crippen molar-refractivity contribution in [1.82, 2.24) is 4.72 Å². The number of rotatable bonds is 7. The van der Waals surface area contributed by atoms with E-state index in [1.54, 1.807) is 37.4 Å². The summed E-state index contributed by atoms with van der Waals surface area (Å²) >= 11 is 0. The first-order valence-corrected chi connectivity index (χ1v) is 9.27. The Bertz CT molecular complexity index is 935. The number of aryl methyl sites for hydroxylation is 1. The lowest BCUT2D eigenvalue weighted by molar-refractivity contribution is -0.136. The van der Waals surface area contributed by atoms with Crippen LogP contribution in [0.25, 0.3) is 11.1 Å². The molecule has 0 aliphatic heterocycles. The topological polar surface area (TPSA) is 81.7 Å². The monoisotopic (exact) mass is 375 g/mol. The summed E-state index contributed by atoms with van der Waals surface area (Å²) in [7, 11) is -1.11. The third-order valence-corrected chi connectivity index (χ3v) is 5.21. The van der Waals surface area contributed by atoms with Gasteiger partial charge < -0.3 is 9.47 Å². The fourth-order valence-corrected chi connectivity index (χ4v) is 3.60. The van der Waals surface area contributed by atoms with Crippen LogP contribution in [-0.2, 0) is 19.6 Å². The van der Waals surface area contributed by atoms with Gasteiger partial charge in [-0.1, -0.05) is 36.4 Å². The van der Waals surface area contributed by atoms with Crippen LogP contribution in [0.3, 0.4) is 0 Å². The normalized spacial score (nSPS) is 11.0. The zero-order chi connectivity index (χ0) is 19.3. The van der Waals surface area contributed by atoms with E-state index in [2.05, 4.69) is 16.0 Å². The zero-order valence-electron chi connectivity index (χ0n) is 14.9. The molecule has 0 aliphatic rings. The van der Waals surface area contributed by atoms with Gasteiger partial charge in [-0.15, -0.1) is 0 Å². The van der Waals surface area contributed by atoms with Gasteiger partial charge in [-0.3, -0.25) is 0 Å². The van der Waals surface area contributed by atoms with Crippen molar-refractivity contribution >= 4 is 16.0 Å². The smallest absolute Gasteiger partial charge is 0.334 e. The largest absolute Gasteiger partial charge is 0.497 e. The van der Waals surface area contributed by atoms with Crippen LogP contribution in [0.5, 0.6) is 5.75 Å². The van der Waals surface area contributed by atoms with Crippen molar-refractivity contribution in [3.8, 4) is 16.9 Å². The van der Waals surface area contributed by atoms with E-state index in [1.807, 2.05) is 13.0 Å². The lowest BCUT2D eigenvalue weighted by atomic mass is 10.0. The molecule has 26 heavy (non-hydrogen) atoms. The van der Waals surface area contributed by atoms with Crippen LogP contribution in [0.15, 0.2) is 59.5 Å². The number of methoxy groups -OCH3 is 2. The summed E-state index contributed by atoms with van der Waals surface area (Å²) in [6.07, 6.45) is 0. The van der Waals surface area contributed by atoms with E-state index in [-0.39, 0.29) is 17.0 Å². The van der Waals surface area contributed by atoms with Crippen molar-refractivity contribution < 1.29 is 22.7 Å². The lowest BCUT2D eigenvalue weighted by Gasteiger charge is -2.14. The summed E-state index contributed by atoms with van der Waals surface area (Å²) in [6, 6.07) is 12.2. The van der Waals surface area contributed by atoms with Gasteiger partial charge in [0.15, 0.2) is 0 Å². The molecule has 1 N–H and O–H groups in total. The molecule has 0 aliphatic carbocycles. The van der Waals surface area contributed by atoms with Gasteiger partial charge in [0.1, 0.15) is 5.75 Å². The minimum absolute atomic E-state index is 0.0196. The molecule has 0 aromatic heterocycles. The second-order valence-corrected chi connectivity index (χ2v) is 7.39. The highest BCUT2D eigenvalue weighted by Gasteiger charge is 2.21. The van der Waals surface area contributed by atoms with Crippen LogP contribution in [0.1, 0.15) is 5.56 Å². The number of hydrogen-bond donors (Lipinski definition) is 1. The minimum atomic E-state index is -3.87. The molecule has 0 heterocycles. The Morgan fingerprint density at radius 1 is 1.15 bits per heavy atom. The van der Waals surface area contributed by atoms with Gasteiger partial charge in [0.2, 0.25) is 10.0 Å². The second-order valence-electron chi connectivity index (χ2n) is 5.65. The maximum atomic E-state index is 12.8. The first kappa shape index (κ1) is 19.7. The van der Waals surface area contributed by atoms with Gasteiger partial charge in [0.25, 0.3) is 0 Å². The van der Waals surface area contributed by atoms with E-state index in [1.165, 1.54) is 13.2 Å². The highest BCUT2D eigenvalue weighted by Crippen LogP contribution is 2.30. The fourth-order valence-electron chi connectivity index (χ4n) is 2.37. The molecule has 6 nitrogen and oxygen atoms in total. The predicted octanol–water partition coefficient (Wildman–Crippen LogP) is 2.68. The highest BCUT2D eigenvalue weighted by molar-refractivity contribution is 7.89. The maximum Gasteiger partial charge on any atom is 0.334 e. The number of sulfonamides is 1. The maximum absolute atomic E-state index is 12.8. The number of carbonyl (C=O) groups is 1.